The first-order chi connectivity index (χ1) is 8.20. The molecule has 1 aliphatic heterocycles. The molecule has 98 valence electrons. The van der Waals surface area contributed by atoms with Crippen molar-refractivity contribution in [1.82, 2.24) is 10.2 Å². The molecule has 0 aromatic rings. The number of amides is 1. The summed E-state index contributed by atoms with van der Waals surface area (Å²) in [5.41, 5.74) is 0. The van der Waals surface area contributed by atoms with Gasteiger partial charge in [0.1, 0.15) is 0 Å². The maximum absolute atomic E-state index is 11.7. The Bertz CT molecular complexity index is 250. The molecule has 17 heavy (non-hydrogen) atoms. The smallest absolute Gasteiger partial charge is 0.303 e. The number of unbranched alkanes of at least 4 members (excludes halogenated alkanes) is 1. The van der Waals surface area contributed by atoms with E-state index < -0.39 is 5.97 Å². The fourth-order valence-corrected chi connectivity index (χ4v) is 1.98. The highest BCUT2D eigenvalue weighted by atomic mass is 16.4. The largest absolute Gasteiger partial charge is 0.481 e. The Kier molecular flexibility index (Phi) is 6.62. The van der Waals surface area contributed by atoms with E-state index in [1.54, 1.807) is 0 Å². The molecule has 0 aromatic heterocycles. The van der Waals surface area contributed by atoms with Gasteiger partial charge >= 0.3 is 5.97 Å². The Balaban J connectivity index is 1.98. The van der Waals surface area contributed by atoms with E-state index in [-0.39, 0.29) is 12.3 Å². The van der Waals surface area contributed by atoms with Crippen LogP contribution in [0.1, 0.15) is 38.5 Å². The van der Waals surface area contributed by atoms with Crippen molar-refractivity contribution in [3.05, 3.63) is 0 Å². The summed E-state index contributed by atoms with van der Waals surface area (Å²) < 4.78 is 0. The van der Waals surface area contributed by atoms with E-state index in [2.05, 4.69) is 5.32 Å². The van der Waals surface area contributed by atoms with Crippen LogP contribution in [0.4, 0.5) is 0 Å². The number of nitrogens with one attached hydrogen (secondary N) is 1. The van der Waals surface area contributed by atoms with Gasteiger partial charge in [0, 0.05) is 19.5 Å². The number of nitrogens with zero attached hydrogens (tertiary/aromatic N) is 1. The van der Waals surface area contributed by atoms with Crippen molar-refractivity contribution < 1.29 is 14.7 Å². The van der Waals surface area contributed by atoms with Gasteiger partial charge in [0.25, 0.3) is 0 Å². The zero-order chi connectivity index (χ0) is 12.5. The Morgan fingerprint density at radius 1 is 1.12 bits per heavy atom. The number of hydrogen-bond donors (Lipinski definition) is 2. The van der Waals surface area contributed by atoms with E-state index in [1.165, 1.54) is 6.42 Å². The molecule has 0 atom stereocenters. The zero-order valence-corrected chi connectivity index (χ0v) is 10.3. The van der Waals surface area contributed by atoms with E-state index in [4.69, 9.17) is 5.11 Å². The lowest BCUT2D eigenvalue weighted by atomic mass is 10.1. The maximum Gasteiger partial charge on any atom is 0.303 e. The topological polar surface area (TPSA) is 69.6 Å². The molecule has 1 fully saturated rings. The molecular formula is C12H22N2O3. The van der Waals surface area contributed by atoms with E-state index in [0.717, 1.165) is 32.4 Å². The van der Waals surface area contributed by atoms with Crippen molar-refractivity contribution in [3.63, 3.8) is 0 Å². The predicted molar refractivity (Wildman–Crippen MR) is 64.8 cm³/mol. The Labute approximate surface area is 102 Å². The monoisotopic (exact) mass is 242 g/mol. The minimum absolute atomic E-state index is 0.169. The molecule has 0 radical (unpaired) electrons. The van der Waals surface area contributed by atoms with Crippen LogP contribution in [-0.2, 0) is 9.59 Å². The summed E-state index contributed by atoms with van der Waals surface area (Å²) in [5, 5.41) is 11.5. The summed E-state index contributed by atoms with van der Waals surface area (Å²) >= 11 is 0. The quantitative estimate of drug-likeness (QED) is 0.649. The maximum atomic E-state index is 11.7. The van der Waals surface area contributed by atoms with E-state index in [9.17, 15) is 9.59 Å². The lowest BCUT2D eigenvalue weighted by Gasteiger charge is -2.26. The van der Waals surface area contributed by atoms with Gasteiger partial charge in [0.15, 0.2) is 0 Å². The van der Waals surface area contributed by atoms with Gasteiger partial charge in [-0.05, 0) is 38.6 Å². The number of carboxylic acid groups (broad SMARTS) is 1. The highest BCUT2D eigenvalue weighted by Gasteiger charge is 2.15. The molecule has 1 heterocycles. The highest BCUT2D eigenvalue weighted by molar-refractivity contribution is 5.78. The molecule has 1 amide bonds. The number of carbonyl (C=O) groups excluding carboxylic acids is 1. The standard InChI is InChI=1S/C12H22N2O3/c15-11(14-8-4-1-5-9-14)10-13-7-3-2-6-12(16)17/h13H,1-10H2,(H,16,17). The van der Waals surface area contributed by atoms with Crippen LogP contribution in [0, 0.1) is 0 Å². The Morgan fingerprint density at radius 2 is 1.82 bits per heavy atom. The van der Waals surface area contributed by atoms with Gasteiger partial charge in [-0.15, -0.1) is 0 Å². The summed E-state index contributed by atoms with van der Waals surface area (Å²) in [5.74, 6) is -0.586. The molecule has 0 aliphatic carbocycles. The first-order valence-corrected chi connectivity index (χ1v) is 6.40. The van der Waals surface area contributed by atoms with Crippen molar-refractivity contribution in [3.8, 4) is 0 Å². The Morgan fingerprint density at radius 3 is 2.47 bits per heavy atom. The molecule has 1 rings (SSSR count). The average molecular weight is 242 g/mol. The summed E-state index contributed by atoms with van der Waals surface area (Å²) in [7, 11) is 0. The SMILES string of the molecule is O=C(O)CCCCNCC(=O)N1CCCCC1. The second kappa shape index (κ2) is 8.06. The number of likely N-dealkylation sites (tertiary alicyclic amines) is 1. The van der Waals surface area contributed by atoms with Gasteiger partial charge < -0.3 is 15.3 Å². The van der Waals surface area contributed by atoms with Gasteiger partial charge in [0.05, 0.1) is 6.54 Å². The van der Waals surface area contributed by atoms with Crippen LogP contribution < -0.4 is 5.32 Å². The molecule has 0 bridgehead atoms. The number of carbonyl (C=O) groups is 2. The summed E-state index contributed by atoms with van der Waals surface area (Å²) in [6.07, 6.45) is 5.14. The predicted octanol–water partition coefficient (Wildman–Crippen LogP) is 0.843. The Hall–Kier alpha value is -1.10. The molecule has 0 aromatic carbocycles. The minimum atomic E-state index is -0.755. The van der Waals surface area contributed by atoms with E-state index >= 15 is 0 Å². The first-order valence-electron chi connectivity index (χ1n) is 6.40. The minimum Gasteiger partial charge on any atom is -0.481 e. The van der Waals surface area contributed by atoms with Gasteiger partial charge in [-0.25, -0.2) is 0 Å². The summed E-state index contributed by atoms with van der Waals surface area (Å²) in [6, 6.07) is 0. The van der Waals surface area contributed by atoms with Gasteiger partial charge in [-0.1, -0.05) is 0 Å². The van der Waals surface area contributed by atoms with Crippen LogP contribution in [0.2, 0.25) is 0 Å². The molecule has 0 saturated carbocycles. The number of piperidine rings is 1. The lowest BCUT2D eigenvalue weighted by molar-refractivity contribution is -0.137. The molecule has 5 heteroatoms. The molecule has 0 spiro atoms. The second-order valence-electron chi connectivity index (χ2n) is 4.47. The van der Waals surface area contributed by atoms with Crippen molar-refractivity contribution in [2.75, 3.05) is 26.2 Å². The van der Waals surface area contributed by atoms with Crippen molar-refractivity contribution in [1.29, 1.82) is 0 Å². The molecule has 1 saturated heterocycles. The van der Waals surface area contributed by atoms with Gasteiger partial charge in [-0.2, -0.15) is 0 Å². The first kappa shape index (κ1) is 14.0. The highest BCUT2D eigenvalue weighted by Crippen LogP contribution is 2.08. The number of aliphatic carboxylic acids is 1. The fourth-order valence-electron chi connectivity index (χ4n) is 1.98. The van der Waals surface area contributed by atoms with Crippen LogP contribution >= 0.6 is 0 Å². The third-order valence-electron chi connectivity index (χ3n) is 2.98. The average Bonchev–Trinajstić information content (AvgIpc) is 2.34. The van der Waals surface area contributed by atoms with Crippen LogP contribution in [0.3, 0.4) is 0 Å². The summed E-state index contributed by atoms with van der Waals surface area (Å²) in [6.45, 7) is 2.87. The van der Waals surface area contributed by atoms with Crippen molar-refractivity contribution in [2.45, 2.75) is 38.5 Å². The molecular weight excluding hydrogens is 220 g/mol. The number of hydrogen-bond acceptors (Lipinski definition) is 3. The second-order valence-corrected chi connectivity index (χ2v) is 4.47. The zero-order valence-electron chi connectivity index (χ0n) is 10.3. The van der Waals surface area contributed by atoms with Gasteiger partial charge in [-0.3, -0.25) is 9.59 Å². The van der Waals surface area contributed by atoms with Crippen LogP contribution in [-0.4, -0.2) is 48.1 Å². The molecule has 1 aliphatic rings. The van der Waals surface area contributed by atoms with Crippen LogP contribution in [0.5, 0.6) is 0 Å². The van der Waals surface area contributed by atoms with Crippen LogP contribution in [0.25, 0.3) is 0 Å². The van der Waals surface area contributed by atoms with Crippen molar-refractivity contribution >= 4 is 11.9 Å². The number of rotatable bonds is 7. The third-order valence-corrected chi connectivity index (χ3v) is 2.98. The molecule has 0 unspecified atom stereocenters. The third kappa shape index (κ3) is 6.26. The van der Waals surface area contributed by atoms with Crippen LogP contribution in [0.15, 0.2) is 0 Å². The normalized spacial score (nSPS) is 15.9. The molecule has 2 N–H and O–H groups in total. The van der Waals surface area contributed by atoms with E-state index in [0.29, 0.717) is 19.5 Å². The lowest BCUT2D eigenvalue weighted by Crippen LogP contribution is -2.41. The van der Waals surface area contributed by atoms with Gasteiger partial charge in [0.2, 0.25) is 5.91 Å². The summed E-state index contributed by atoms with van der Waals surface area (Å²) in [4.78, 5) is 23.9. The van der Waals surface area contributed by atoms with E-state index in [1.807, 2.05) is 4.90 Å². The van der Waals surface area contributed by atoms with Crippen molar-refractivity contribution in [2.24, 2.45) is 0 Å². The molecule has 5 nitrogen and oxygen atoms in total. The number of carboxylic acids is 1. The fraction of sp³-hybridized carbons (Fsp3) is 0.833.